The van der Waals surface area contributed by atoms with Gasteiger partial charge in [-0.1, -0.05) is 5.04 Å². The van der Waals surface area contributed by atoms with Crippen molar-refractivity contribution in [1.82, 2.24) is 5.32 Å². The lowest BCUT2D eigenvalue weighted by Gasteiger charge is -2.13. The maximum atomic E-state index is 11.1. The fourth-order valence-corrected chi connectivity index (χ4v) is 1.34. The topological polar surface area (TPSA) is 94.1 Å². The Morgan fingerprint density at radius 1 is 1.56 bits per heavy atom. The van der Waals surface area contributed by atoms with Crippen molar-refractivity contribution in [1.29, 1.82) is 0 Å². The first-order valence-corrected chi connectivity index (χ1v) is 5.23. The van der Waals surface area contributed by atoms with Gasteiger partial charge in [0.2, 0.25) is 0 Å². The van der Waals surface area contributed by atoms with E-state index in [0.717, 1.165) is 0 Å². The van der Waals surface area contributed by atoms with Gasteiger partial charge in [0.1, 0.15) is 0 Å². The molecule has 0 aliphatic carbocycles. The zero-order valence-electron chi connectivity index (χ0n) is 8.67. The number of nitrogens with one attached hydrogen (secondary N) is 1. The number of amides is 1. The van der Waals surface area contributed by atoms with Gasteiger partial charge in [0.05, 0.1) is 18.3 Å². The summed E-state index contributed by atoms with van der Waals surface area (Å²) >= 11 is 0.674. The molecule has 9 heteroatoms. The summed E-state index contributed by atoms with van der Waals surface area (Å²) in [5, 5.41) is 13.2. The van der Waals surface area contributed by atoms with E-state index in [1.54, 1.807) is 6.92 Å². The Kier molecular flexibility index (Phi) is 9.01. The molecular weight excluding hydrogens is 237 g/mol. The van der Waals surface area contributed by atoms with Gasteiger partial charge in [0.15, 0.2) is 13.7 Å². The van der Waals surface area contributed by atoms with Crippen molar-refractivity contribution in [2.75, 3.05) is 13.2 Å². The predicted octanol–water partition coefficient (Wildman–Crippen LogP) is 0.256. The summed E-state index contributed by atoms with van der Waals surface area (Å²) in [4.78, 5) is 21.6. The van der Waals surface area contributed by atoms with E-state index >= 15 is 0 Å². The van der Waals surface area contributed by atoms with Crippen LogP contribution in [-0.2, 0) is 18.9 Å². The normalized spacial score (nSPS) is 11.9. The van der Waals surface area contributed by atoms with Crippen LogP contribution < -0.4 is 5.32 Å². The molecule has 0 aromatic heterocycles. The summed E-state index contributed by atoms with van der Waals surface area (Å²) in [6.45, 7) is 2.02. The molecule has 0 aromatic carbocycles. The highest BCUT2D eigenvalue weighted by molar-refractivity contribution is 7.95. The Morgan fingerprint density at radius 2 is 2.25 bits per heavy atom. The molecule has 16 heavy (non-hydrogen) atoms. The fraction of sp³-hybridized carbons (Fsp3) is 0.714. The number of rotatable bonds is 8. The molecular formula is C7H12BNO6S. The lowest BCUT2D eigenvalue weighted by atomic mass is 10.1. The molecule has 2 N–H and O–H groups in total. The molecule has 0 heterocycles. The molecule has 7 nitrogen and oxygen atoms in total. The monoisotopic (exact) mass is 249 g/mol. The minimum Gasteiger partial charge on any atom is -0.466 e. The van der Waals surface area contributed by atoms with Crippen LogP contribution in [0.5, 0.6) is 0 Å². The Morgan fingerprint density at radius 3 is 2.75 bits per heavy atom. The minimum atomic E-state index is -0.723. The van der Waals surface area contributed by atoms with Crippen molar-refractivity contribution in [3.63, 3.8) is 0 Å². The average Bonchev–Trinajstić information content (AvgIpc) is 2.22. The van der Waals surface area contributed by atoms with Crippen LogP contribution in [0.4, 0.5) is 4.79 Å². The highest BCUT2D eigenvalue weighted by Crippen LogP contribution is 2.16. The number of esters is 1. The summed E-state index contributed by atoms with van der Waals surface area (Å²) in [6, 6.07) is 0. The van der Waals surface area contributed by atoms with E-state index in [1.165, 1.54) is 0 Å². The lowest BCUT2D eigenvalue weighted by molar-refractivity contribution is -0.432. The van der Waals surface area contributed by atoms with Gasteiger partial charge in [-0.15, -0.1) is 4.33 Å². The Bertz CT molecular complexity index is 229. The van der Waals surface area contributed by atoms with Crippen molar-refractivity contribution < 1.29 is 29.0 Å². The highest BCUT2D eigenvalue weighted by atomic mass is 32.2. The van der Waals surface area contributed by atoms with Crippen molar-refractivity contribution in [2.45, 2.75) is 18.6 Å². The second-order valence-electron chi connectivity index (χ2n) is 2.62. The number of carbonyl (C=O) groups excluding carboxylic acids is 2. The second kappa shape index (κ2) is 9.46. The number of hydrogen-bond acceptors (Lipinski definition) is 7. The van der Waals surface area contributed by atoms with Crippen LogP contribution in [0.25, 0.3) is 0 Å². The third-order valence-electron chi connectivity index (χ3n) is 1.41. The first-order chi connectivity index (χ1) is 7.60. The van der Waals surface area contributed by atoms with Crippen molar-refractivity contribution in [3.8, 4) is 0 Å². The molecule has 0 bridgehead atoms. The molecule has 0 saturated carbocycles. The highest BCUT2D eigenvalue weighted by Gasteiger charge is 2.17. The third-order valence-corrected chi connectivity index (χ3v) is 2.15. The molecule has 0 rings (SSSR count). The molecule has 0 aliphatic heterocycles. The van der Waals surface area contributed by atoms with Crippen LogP contribution in [0.2, 0.25) is 0 Å². The number of hydrogen-bond donors (Lipinski definition) is 2. The summed E-state index contributed by atoms with van der Waals surface area (Å²) < 4.78 is 8.88. The van der Waals surface area contributed by atoms with Gasteiger partial charge in [0.25, 0.3) is 0 Å². The van der Waals surface area contributed by atoms with E-state index in [4.69, 9.17) is 17.8 Å². The van der Waals surface area contributed by atoms with E-state index < -0.39 is 17.0 Å². The van der Waals surface area contributed by atoms with Gasteiger partial charge in [-0.2, -0.15) is 0 Å². The van der Waals surface area contributed by atoms with Gasteiger partial charge in [-0.25, -0.2) is 5.26 Å². The minimum absolute atomic E-state index is 0.0118. The first-order valence-electron chi connectivity index (χ1n) is 4.42. The summed E-state index contributed by atoms with van der Waals surface area (Å²) in [6.07, 6.45) is -0.0118. The van der Waals surface area contributed by atoms with Gasteiger partial charge in [-0.3, -0.25) is 9.59 Å². The number of carbonyl (C=O) groups is 2. The SMILES string of the molecule is [B]C(=O)NCC(CC(=O)OCC)SOOO. The predicted molar refractivity (Wildman–Crippen MR) is 56.6 cm³/mol. The van der Waals surface area contributed by atoms with Crippen molar-refractivity contribution in [2.24, 2.45) is 0 Å². The zero-order valence-corrected chi connectivity index (χ0v) is 9.49. The number of ether oxygens (including phenoxy) is 1. The summed E-state index contributed by atoms with van der Waals surface area (Å²) in [7, 11) is 4.86. The van der Waals surface area contributed by atoms with E-state index in [1.807, 2.05) is 0 Å². The smallest absolute Gasteiger partial charge is 0.307 e. The maximum Gasteiger partial charge on any atom is 0.307 e. The van der Waals surface area contributed by atoms with Gasteiger partial charge in [-0.05, 0) is 6.92 Å². The molecule has 90 valence electrons. The fourth-order valence-electron chi connectivity index (χ4n) is 0.834. The second-order valence-corrected chi connectivity index (χ2v) is 3.61. The molecule has 0 spiro atoms. The molecule has 1 unspecified atom stereocenters. The van der Waals surface area contributed by atoms with Crippen LogP contribution in [-0.4, -0.2) is 43.3 Å². The van der Waals surface area contributed by atoms with Crippen LogP contribution in [0.15, 0.2) is 0 Å². The Labute approximate surface area is 98.3 Å². The molecule has 1 amide bonds. The zero-order chi connectivity index (χ0) is 12.4. The summed E-state index contributed by atoms with van der Waals surface area (Å²) in [5.74, 6) is -1.17. The Balaban J connectivity index is 3.97. The van der Waals surface area contributed by atoms with Gasteiger partial charge in [0, 0.05) is 18.6 Å². The molecule has 0 aromatic rings. The molecule has 2 radical (unpaired) electrons. The van der Waals surface area contributed by atoms with E-state index in [9.17, 15) is 9.59 Å². The van der Waals surface area contributed by atoms with Crippen LogP contribution in [0.3, 0.4) is 0 Å². The van der Waals surface area contributed by atoms with Crippen molar-refractivity contribution in [3.05, 3.63) is 0 Å². The Hall–Kier alpha value is -0.765. The molecule has 0 saturated heterocycles. The summed E-state index contributed by atoms with van der Waals surface area (Å²) in [5.41, 5.74) is 0. The van der Waals surface area contributed by atoms with E-state index in [-0.39, 0.29) is 19.6 Å². The lowest BCUT2D eigenvalue weighted by Crippen LogP contribution is -2.31. The quantitative estimate of drug-likeness (QED) is 0.209. The standard InChI is InChI=1S/C7H12BNO6S/c1-2-13-6(10)3-5(16-15-14-12)4-9-7(8)11/h5,12H,2-4H2,1H3,(H,9,11). The molecule has 1 atom stereocenters. The largest absolute Gasteiger partial charge is 0.466 e. The average molecular weight is 249 g/mol. The molecule has 0 aliphatic rings. The maximum absolute atomic E-state index is 11.1. The van der Waals surface area contributed by atoms with Crippen molar-refractivity contribution >= 4 is 31.7 Å². The first kappa shape index (κ1) is 15.2. The van der Waals surface area contributed by atoms with Gasteiger partial charge < -0.3 is 10.1 Å². The van der Waals surface area contributed by atoms with E-state index in [2.05, 4.69) is 14.7 Å². The van der Waals surface area contributed by atoms with Gasteiger partial charge >= 0.3 is 5.97 Å². The van der Waals surface area contributed by atoms with Crippen LogP contribution in [0.1, 0.15) is 13.3 Å². The van der Waals surface area contributed by atoms with Crippen LogP contribution in [0, 0.1) is 0 Å². The molecule has 0 fully saturated rings. The van der Waals surface area contributed by atoms with E-state index in [0.29, 0.717) is 12.0 Å². The van der Waals surface area contributed by atoms with Crippen LogP contribution >= 0.6 is 12.0 Å². The third kappa shape index (κ3) is 8.54.